The van der Waals surface area contributed by atoms with Gasteiger partial charge < -0.3 is 15.7 Å². The van der Waals surface area contributed by atoms with Gasteiger partial charge in [0.2, 0.25) is 0 Å². The van der Waals surface area contributed by atoms with Gasteiger partial charge in [-0.1, -0.05) is 18.6 Å². The molecule has 18 heavy (non-hydrogen) atoms. The van der Waals surface area contributed by atoms with Crippen LogP contribution in [0.2, 0.25) is 0 Å². The minimum Gasteiger partial charge on any atom is -0.480 e. The maximum Gasteiger partial charge on any atom is 0.329 e. The van der Waals surface area contributed by atoms with Crippen molar-refractivity contribution in [1.29, 1.82) is 0 Å². The average molecular weight is 254 g/mol. The van der Waals surface area contributed by atoms with Crippen LogP contribution in [0.5, 0.6) is 0 Å². The highest BCUT2D eigenvalue weighted by atomic mass is 16.4. The average Bonchev–Trinajstić information content (AvgIpc) is 2.81. The van der Waals surface area contributed by atoms with E-state index in [-0.39, 0.29) is 0 Å². The van der Waals surface area contributed by atoms with Gasteiger partial charge in [0.1, 0.15) is 5.54 Å². The zero-order chi connectivity index (χ0) is 13.6. The number of hydrogen-bond donors (Lipinski definition) is 3. The molecule has 1 aliphatic rings. The number of amides is 2. The molecule has 5 nitrogen and oxygen atoms in total. The fraction of sp³-hybridized carbons (Fsp3) is 0.692. The monoisotopic (exact) mass is 254 g/mol. The van der Waals surface area contributed by atoms with Crippen molar-refractivity contribution < 1.29 is 14.7 Å². The fourth-order valence-electron chi connectivity index (χ4n) is 1.89. The number of aliphatic carboxylic acids is 1. The highest BCUT2D eigenvalue weighted by Gasteiger charge is 2.32. The Morgan fingerprint density at radius 2 is 2.22 bits per heavy atom. The second kappa shape index (κ2) is 6.42. The third-order valence-corrected chi connectivity index (χ3v) is 3.44. The van der Waals surface area contributed by atoms with E-state index in [4.69, 9.17) is 5.11 Å². The molecule has 5 heteroatoms. The molecule has 2 amide bonds. The highest BCUT2D eigenvalue weighted by Crippen LogP contribution is 2.19. The molecule has 0 heterocycles. The van der Waals surface area contributed by atoms with Crippen LogP contribution in [0.3, 0.4) is 0 Å². The second-order valence-electron chi connectivity index (χ2n) is 4.88. The van der Waals surface area contributed by atoms with E-state index in [0.29, 0.717) is 13.0 Å². The van der Waals surface area contributed by atoms with Gasteiger partial charge in [-0.05, 0) is 39.0 Å². The molecule has 1 unspecified atom stereocenters. The lowest BCUT2D eigenvalue weighted by Crippen LogP contribution is -2.54. The van der Waals surface area contributed by atoms with E-state index in [1.807, 2.05) is 0 Å². The molecule has 0 aromatic heterocycles. The van der Waals surface area contributed by atoms with Crippen LogP contribution >= 0.6 is 0 Å². The second-order valence-corrected chi connectivity index (χ2v) is 4.88. The fourth-order valence-corrected chi connectivity index (χ4v) is 1.89. The molecule has 0 saturated carbocycles. The first kappa shape index (κ1) is 14.5. The molecule has 0 aromatic carbocycles. The van der Waals surface area contributed by atoms with Crippen molar-refractivity contribution in [2.75, 3.05) is 6.54 Å². The van der Waals surface area contributed by atoms with Crippen molar-refractivity contribution in [2.45, 2.75) is 51.5 Å². The summed E-state index contributed by atoms with van der Waals surface area (Å²) < 4.78 is 0. The quantitative estimate of drug-likeness (QED) is 0.635. The molecule has 3 N–H and O–H groups in total. The number of urea groups is 1. The number of carboxylic acid groups (broad SMARTS) is 1. The van der Waals surface area contributed by atoms with Crippen LogP contribution in [0.1, 0.15) is 46.0 Å². The van der Waals surface area contributed by atoms with Crippen LogP contribution < -0.4 is 10.6 Å². The Hall–Kier alpha value is -1.52. The van der Waals surface area contributed by atoms with Gasteiger partial charge in [-0.3, -0.25) is 0 Å². The topological polar surface area (TPSA) is 78.4 Å². The molecule has 0 aromatic rings. The molecular formula is C13H22N2O3. The van der Waals surface area contributed by atoms with Gasteiger partial charge in [0.25, 0.3) is 0 Å². The van der Waals surface area contributed by atoms with Crippen LogP contribution in [0.25, 0.3) is 0 Å². The third kappa shape index (κ3) is 4.05. The number of nitrogens with one attached hydrogen (secondary N) is 2. The summed E-state index contributed by atoms with van der Waals surface area (Å²) in [5, 5.41) is 14.2. The van der Waals surface area contributed by atoms with Gasteiger partial charge >= 0.3 is 12.0 Å². The summed E-state index contributed by atoms with van der Waals surface area (Å²) >= 11 is 0. The van der Waals surface area contributed by atoms with Crippen molar-refractivity contribution >= 4 is 12.0 Å². The van der Waals surface area contributed by atoms with Crippen molar-refractivity contribution in [3.63, 3.8) is 0 Å². The van der Waals surface area contributed by atoms with Crippen LogP contribution in [0, 0.1) is 0 Å². The SMILES string of the molecule is CCC(C)(NC(=O)NCCC1=CCCC1)C(=O)O. The van der Waals surface area contributed by atoms with Gasteiger partial charge in [0.15, 0.2) is 0 Å². The third-order valence-electron chi connectivity index (χ3n) is 3.44. The van der Waals surface area contributed by atoms with E-state index in [1.54, 1.807) is 6.92 Å². The zero-order valence-electron chi connectivity index (χ0n) is 11.1. The summed E-state index contributed by atoms with van der Waals surface area (Å²) in [4.78, 5) is 22.6. The molecular weight excluding hydrogens is 232 g/mol. The number of allylic oxidation sites excluding steroid dienone is 1. The van der Waals surface area contributed by atoms with Crippen LogP contribution in [-0.4, -0.2) is 29.2 Å². The molecule has 0 bridgehead atoms. The van der Waals surface area contributed by atoms with E-state index in [0.717, 1.165) is 19.3 Å². The number of carboxylic acids is 1. The minimum absolute atomic E-state index is 0.348. The predicted molar refractivity (Wildman–Crippen MR) is 69.4 cm³/mol. The summed E-state index contributed by atoms with van der Waals surface area (Å²) in [5.74, 6) is -1.02. The van der Waals surface area contributed by atoms with Crippen molar-refractivity contribution in [3.8, 4) is 0 Å². The summed E-state index contributed by atoms with van der Waals surface area (Å²) in [5.41, 5.74) is 0.184. The number of carbonyl (C=O) groups is 2. The molecule has 1 atom stereocenters. The molecule has 0 saturated heterocycles. The number of rotatable bonds is 6. The number of carbonyl (C=O) groups excluding carboxylic acids is 1. The van der Waals surface area contributed by atoms with Gasteiger partial charge in [-0.15, -0.1) is 0 Å². The lowest BCUT2D eigenvalue weighted by Gasteiger charge is -2.24. The van der Waals surface area contributed by atoms with E-state index < -0.39 is 17.5 Å². The first-order valence-corrected chi connectivity index (χ1v) is 6.45. The Morgan fingerprint density at radius 1 is 1.50 bits per heavy atom. The van der Waals surface area contributed by atoms with Crippen molar-refractivity contribution in [2.24, 2.45) is 0 Å². The molecule has 0 spiro atoms. The molecule has 0 radical (unpaired) electrons. The van der Waals surface area contributed by atoms with Crippen molar-refractivity contribution in [3.05, 3.63) is 11.6 Å². The Bertz CT molecular complexity index is 352. The van der Waals surface area contributed by atoms with E-state index in [1.165, 1.54) is 18.9 Å². The van der Waals surface area contributed by atoms with Crippen LogP contribution in [-0.2, 0) is 4.79 Å². The highest BCUT2D eigenvalue weighted by molar-refractivity contribution is 5.85. The Morgan fingerprint density at radius 3 is 2.72 bits per heavy atom. The van der Waals surface area contributed by atoms with Gasteiger partial charge in [0, 0.05) is 6.54 Å². The standard InChI is InChI=1S/C13H22N2O3/c1-3-13(2,11(16)17)15-12(18)14-9-8-10-6-4-5-7-10/h6H,3-5,7-9H2,1-2H3,(H,16,17)(H2,14,15,18). The zero-order valence-corrected chi connectivity index (χ0v) is 11.1. The Balaban J connectivity index is 2.30. The Labute approximate surface area is 108 Å². The van der Waals surface area contributed by atoms with Gasteiger partial charge in [0.05, 0.1) is 0 Å². The molecule has 1 rings (SSSR count). The van der Waals surface area contributed by atoms with Crippen LogP contribution in [0.15, 0.2) is 11.6 Å². The van der Waals surface area contributed by atoms with E-state index in [2.05, 4.69) is 16.7 Å². The summed E-state index contributed by atoms with van der Waals surface area (Å²) in [6.07, 6.45) is 6.87. The van der Waals surface area contributed by atoms with Gasteiger partial charge in [-0.2, -0.15) is 0 Å². The normalized spacial score (nSPS) is 17.8. The van der Waals surface area contributed by atoms with Crippen molar-refractivity contribution in [1.82, 2.24) is 10.6 Å². The first-order valence-electron chi connectivity index (χ1n) is 6.45. The lowest BCUT2D eigenvalue weighted by molar-refractivity contribution is -0.143. The van der Waals surface area contributed by atoms with Gasteiger partial charge in [-0.25, -0.2) is 9.59 Å². The molecule has 0 fully saturated rings. The lowest BCUT2D eigenvalue weighted by atomic mass is 10.00. The molecule has 1 aliphatic carbocycles. The molecule has 0 aliphatic heterocycles. The maximum atomic E-state index is 11.6. The number of hydrogen-bond acceptors (Lipinski definition) is 2. The largest absolute Gasteiger partial charge is 0.480 e. The maximum absolute atomic E-state index is 11.6. The smallest absolute Gasteiger partial charge is 0.329 e. The minimum atomic E-state index is -1.20. The summed E-state index contributed by atoms with van der Waals surface area (Å²) in [6, 6.07) is -0.416. The molecule has 102 valence electrons. The van der Waals surface area contributed by atoms with E-state index in [9.17, 15) is 9.59 Å². The first-order chi connectivity index (χ1) is 8.48. The summed E-state index contributed by atoms with van der Waals surface area (Å²) in [6.45, 7) is 3.79. The van der Waals surface area contributed by atoms with Crippen LogP contribution in [0.4, 0.5) is 4.79 Å². The van der Waals surface area contributed by atoms with E-state index >= 15 is 0 Å². The summed E-state index contributed by atoms with van der Waals surface area (Å²) in [7, 11) is 0. The predicted octanol–water partition coefficient (Wildman–Crippen LogP) is 2.04. The Kier molecular flexibility index (Phi) is 5.19.